The molecule has 4 aromatic rings. The van der Waals surface area contributed by atoms with Crippen molar-refractivity contribution >= 4 is 50.1 Å². The Morgan fingerprint density at radius 3 is 1.39 bits per heavy atom. The standard InChI is InChI=1S/C14H6O8.Al/c15-5-1-3-7-8-4(14(20)22-11(7)9(5)17)2-6(16)10(18)12(8)21-13(3)19;/h1-2,15-18H;. The van der Waals surface area contributed by atoms with Crippen molar-refractivity contribution in [1.29, 1.82) is 0 Å². The average molecular weight is 329 g/mol. The molecule has 23 heavy (non-hydrogen) atoms. The van der Waals surface area contributed by atoms with E-state index in [1.54, 1.807) is 0 Å². The summed E-state index contributed by atoms with van der Waals surface area (Å²) < 4.78 is 9.87. The van der Waals surface area contributed by atoms with Gasteiger partial charge in [0.1, 0.15) is 0 Å². The molecule has 0 unspecified atom stereocenters. The summed E-state index contributed by atoms with van der Waals surface area (Å²) in [6.45, 7) is 0. The number of benzene rings is 2. The number of hydrogen-bond acceptors (Lipinski definition) is 8. The van der Waals surface area contributed by atoms with E-state index in [0.29, 0.717) is 0 Å². The smallest absolute Gasteiger partial charge is 0.344 e. The molecular formula is C14H6AlO8. The van der Waals surface area contributed by atoms with Crippen LogP contribution >= 0.6 is 0 Å². The number of phenols is 4. The highest BCUT2D eigenvalue weighted by Crippen LogP contribution is 2.44. The van der Waals surface area contributed by atoms with Crippen molar-refractivity contribution in [2.75, 3.05) is 0 Å². The van der Waals surface area contributed by atoms with Crippen molar-refractivity contribution in [3.8, 4) is 23.0 Å². The van der Waals surface area contributed by atoms with Crippen LogP contribution in [0, 0.1) is 0 Å². The Labute approximate surface area is 135 Å². The Hall–Kier alpha value is -2.89. The monoisotopic (exact) mass is 329 g/mol. The maximum absolute atomic E-state index is 12.0. The molecule has 0 bridgehead atoms. The van der Waals surface area contributed by atoms with Crippen molar-refractivity contribution in [3.05, 3.63) is 33.0 Å². The summed E-state index contributed by atoms with van der Waals surface area (Å²) in [5.74, 6) is -2.75. The van der Waals surface area contributed by atoms with Gasteiger partial charge in [-0.05, 0) is 12.1 Å². The van der Waals surface area contributed by atoms with Gasteiger partial charge in [0.15, 0.2) is 22.7 Å². The van der Waals surface area contributed by atoms with Crippen molar-refractivity contribution in [2.45, 2.75) is 0 Å². The molecular weight excluding hydrogens is 323 g/mol. The fourth-order valence-electron chi connectivity index (χ4n) is 2.58. The van der Waals surface area contributed by atoms with Crippen molar-refractivity contribution in [1.82, 2.24) is 0 Å². The van der Waals surface area contributed by atoms with E-state index < -0.39 is 45.4 Å². The van der Waals surface area contributed by atoms with Crippen LogP contribution in [0.1, 0.15) is 0 Å². The summed E-state index contributed by atoms with van der Waals surface area (Å²) >= 11 is 0. The van der Waals surface area contributed by atoms with Gasteiger partial charge in [0.05, 0.1) is 10.8 Å². The molecule has 0 saturated carbocycles. The highest BCUT2D eigenvalue weighted by Gasteiger charge is 2.24. The molecule has 2 aromatic heterocycles. The van der Waals surface area contributed by atoms with E-state index in [1.165, 1.54) is 0 Å². The number of rotatable bonds is 0. The zero-order valence-corrected chi connectivity index (χ0v) is 12.3. The van der Waals surface area contributed by atoms with Gasteiger partial charge in [-0.3, -0.25) is 0 Å². The second kappa shape index (κ2) is 4.55. The highest BCUT2D eigenvalue weighted by molar-refractivity contribution is 6.22. The molecule has 0 amide bonds. The van der Waals surface area contributed by atoms with E-state index in [-0.39, 0.29) is 38.9 Å². The Bertz CT molecular complexity index is 1110. The summed E-state index contributed by atoms with van der Waals surface area (Å²) in [5.41, 5.74) is -2.70. The second-order valence-corrected chi connectivity index (χ2v) is 4.77. The summed E-state index contributed by atoms with van der Waals surface area (Å²) in [5, 5.41) is 38.7. The minimum atomic E-state index is -0.941. The SMILES string of the molecule is O=c1oc2c(O)c(O)cc3c(=O)oc4c(O)c(O)cc1c4c23.[Al]. The van der Waals surface area contributed by atoms with Gasteiger partial charge in [0.2, 0.25) is 11.5 Å². The largest absolute Gasteiger partial charge is 0.504 e. The molecule has 113 valence electrons. The van der Waals surface area contributed by atoms with Crippen LogP contribution in [-0.4, -0.2) is 37.8 Å². The first-order chi connectivity index (χ1) is 10.4. The van der Waals surface area contributed by atoms with Crippen LogP contribution in [0.3, 0.4) is 0 Å². The number of aromatic hydroxyl groups is 4. The van der Waals surface area contributed by atoms with Crippen LogP contribution in [0.15, 0.2) is 30.6 Å². The molecule has 2 heterocycles. The first kappa shape index (κ1) is 15.0. The van der Waals surface area contributed by atoms with Crippen LogP contribution in [0.5, 0.6) is 23.0 Å². The summed E-state index contributed by atoms with van der Waals surface area (Å²) in [7, 11) is 0. The van der Waals surface area contributed by atoms with Gasteiger partial charge in [0, 0.05) is 28.1 Å². The van der Waals surface area contributed by atoms with Crippen molar-refractivity contribution in [3.63, 3.8) is 0 Å². The lowest BCUT2D eigenvalue weighted by Crippen LogP contribution is -2.06. The van der Waals surface area contributed by atoms with Crippen molar-refractivity contribution < 1.29 is 29.3 Å². The van der Waals surface area contributed by atoms with Crippen molar-refractivity contribution in [2.24, 2.45) is 0 Å². The van der Waals surface area contributed by atoms with Crippen LogP contribution in [-0.2, 0) is 0 Å². The van der Waals surface area contributed by atoms with Crippen LogP contribution in [0.25, 0.3) is 32.7 Å². The van der Waals surface area contributed by atoms with Gasteiger partial charge in [0.25, 0.3) is 0 Å². The zero-order valence-electron chi connectivity index (χ0n) is 11.2. The molecule has 0 aliphatic rings. The minimum absolute atomic E-state index is 0. The van der Waals surface area contributed by atoms with Crippen LogP contribution < -0.4 is 11.3 Å². The van der Waals surface area contributed by atoms with Gasteiger partial charge in [-0.25, -0.2) is 9.59 Å². The predicted molar refractivity (Wildman–Crippen MR) is 79.6 cm³/mol. The Morgan fingerprint density at radius 2 is 1.04 bits per heavy atom. The van der Waals surface area contributed by atoms with Crippen LogP contribution in [0.4, 0.5) is 0 Å². The number of phenolic OH excluding ortho intramolecular Hbond substituents is 4. The van der Waals surface area contributed by atoms with Gasteiger partial charge in [-0.1, -0.05) is 0 Å². The Balaban J connectivity index is 0.00000156. The molecule has 9 heteroatoms. The van der Waals surface area contributed by atoms with Gasteiger partial charge in [-0.15, -0.1) is 0 Å². The fraction of sp³-hybridized carbons (Fsp3) is 0. The van der Waals surface area contributed by atoms with E-state index in [2.05, 4.69) is 0 Å². The third kappa shape index (κ3) is 1.72. The lowest BCUT2D eigenvalue weighted by Gasteiger charge is -2.10. The molecule has 0 atom stereocenters. The molecule has 0 aliphatic carbocycles. The average Bonchev–Trinajstić information content (AvgIpc) is 2.47. The van der Waals surface area contributed by atoms with E-state index in [0.717, 1.165) is 12.1 Å². The molecule has 8 nitrogen and oxygen atoms in total. The third-order valence-corrected chi connectivity index (χ3v) is 3.55. The summed E-state index contributed by atoms with van der Waals surface area (Å²) in [6, 6.07) is 1.93. The second-order valence-electron chi connectivity index (χ2n) is 4.77. The Morgan fingerprint density at radius 1 is 0.696 bits per heavy atom. The maximum Gasteiger partial charge on any atom is 0.344 e. The van der Waals surface area contributed by atoms with E-state index >= 15 is 0 Å². The molecule has 0 saturated heterocycles. The predicted octanol–water partition coefficient (Wildman–Crippen LogP) is 0.932. The first-order valence-corrected chi connectivity index (χ1v) is 6.02. The lowest BCUT2D eigenvalue weighted by molar-refractivity contribution is 0.395. The van der Waals surface area contributed by atoms with Crippen LogP contribution in [0.2, 0.25) is 0 Å². The summed E-state index contributed by atoms with van der Waals surface area (Å²) in [6.07, 6.45) is 0. The molecule has 2 aromatic carbocycles. The lowest BCUT2D eigenvalue weighted by atomic mass is 10.0. The molecule has 0 spiro atoms. The molecule has 0 fully saturated rings. The number of hydrogen-bond donors (Lipinski definition) is 4. The van der Waals surface area contributed by atoms with E-state index in [1.807, 2.05) is 0 Å². The molecule has 3 radical (unpaired) electrons. The first-order valence-electron chi connectivity index (χ1n) is 6.02. The topological polar surface area (TPSA) is 141 Å². The Kier molecular flexibility index (Phi) is 2.97. The quantitative estimate of drug-likeness (QED) is 0.162. The van der Waals surface area contributed by atoms with Gasteiger partial charge in [-0.2, -0.15) is 0 Å². The molecule has 4 rings (SSSR count). The third-order valence-electron chi connectivity index (χ3n) is 3.55. The van der Waals surface area contributed by atoms with Gasteiger partial charge < -0.3 is 29.3 Å². The molecule has 0 aliphatic heterocycles. The summed E-state index contributed by atoms with van der Waals surface area (Å²) in [4.78, 5) is 24.0. The fourth-order valence-corrected chi connectivity index (χ4v) is 2.58. The maximum atomic E-state index is 12.0. The van der Waals surface area contributed by atoms with E-state index in [9.17, 15) is 30.0 Å². The zero-order chi connectivity index (χ0) is 15.8. The van der Waals surface area contributed by atoms with Gasteiger partial charge >= 0.3 is 11.3 Å². The highest BCUT2D eigenvalue weighted by atomic mass is 27.0. The minimum Gasteiger partial charge on any atom is -0.504 e. The van der Waals surface area contributed by atoms with E-state index in [4.69, 9.17) is 8.83 Å². The normalized spacial score (nSPS) is 11.3. The molecule has 4 N–H and O–H groups in total.